The first kappa shape index (κ1) is 9.12. The van der Waals surface area contributed by atoms with Crippen molar-refractivity contribution in [2.45, 2.75) is 18.9 Å². The van der Waals surface area contributed by atoms with Gasteiger partial charge in [0.15, 0.2) is 0 Å². The second-order valence-electron chi connectivity index (χ2n) is 3.46. The summed E-state index contributed by atoms with van der Waals surface area (Å²) < 4.78 is 12.9. The van der Waals surface area contributed by atoms with Crippen LogP contribution < -0.4 is 0 Å². The molecule has 1 aromatic rings. The van der Waals surface area contributed by atoms with Crippen LogP contribution in [0, 0.1) is 10.7 Å². The molecule has 0 spiro atoms. The molecule has 0 saturated carbocycles. The standard InChI is InChI=1S/C10H11FN2O/c11-9-4-1-3-8(7-9)10-5-2-6-13(10)12-14/h1,3-4,7,10H,2,5-6H2. The molecule has 1 aliphatic heterocycles. The van der Waals surface area contributed by atoms with Gasteiger partial charge in [0, 0.05) is 6.54 Å². The molecule has 1 unspecified atom stereocenters. The topological polar surface area (TPSA) is 32.7 Å². The van der Waals surface area contributed by atoms with Crippen LogP contribution in [0.2, 0.25) is 0 Å². The van der Waals surface area contributed by atoms with E-state index in [1.54, 1.807) is 6.07 Å². The van der Waals surface area contributed by atoms with Crippen molar-refractivity contribution in [1.82, 2.24) is 5.01 Å². The Morgan fingerprint density at radius 2 is 2.36 bits per heavy atom. The fourth-order valence-electron chi connectivity index (χ4n) is 1.90. The van der Waals surface area contributed by atoms with Crippen LogP contribution in [0.5, 0.6) is 0 Å². The number of halogens is 1. The highest BCUT2D eigenvalue weighted by Crippen LogP contribution is 2.31. The largest absolute Gasteiger partial charge is 0.253 e. The van der Waals surface area contributed by atoms with Gasteiger partial charge < -0.3 is 0 Å². The van der Waals surface area contributed by atoms with E-state index >= 15 is 0 Å². The van der Waals surface area contributed by atoms with Gasteiger partial charge in [0.25, 0.3) is 0 Å². The lowest BCUT2D eigenvalue weighted by Gasteiger charge is -2.17. The second kappa shape index (κ2) is 3.74. The summed E-state index contributed by atoms with van der Waals surface area (Å²) in [6.45, 7) is 0.671. The monoisotopic (exact) mass is 194 g/mol. The Hall–Kier alpha value is -1.45. The van der Waals surface area contributed by atoms with Crippen LogP contribution in [0.1, 0.15) is 24.4 Å². The molecule has 0 aliphatic carbocycles. The molecule has 3 nitrogen and oxygen atoms in total. The first-order valence-electron chi connectivity index (χ1n) is 4.66. The maximum Gasteiger partial charge on any atom is 0.123 e. The first-order valence-corrected chi connectivity index (χ1v) is 4.66. The van der Waals surface area contributed by atoms with Crippen molar-refractivity contribution in [2.75, 3.05) is 6.54 Å². The van der Waals surface area contributed by atoms with Crippen molar-refractivity contribution in [3.8, 4) is 0 Å². The highest BCUT2D eigenvalue weighted by Gasteiger charge is 2.25. The molecular formula is C10H11FN2O. The minimum atomic E-state index is -0.264. The normalized spacial score (nSPS) is 21.2. The van der Waals surface area contributed by atoms with Crippen molar-refractivity contribution in [3.63, 3.8) is 0 Å². The number of benzene rings is 1. The number of hydrogen-bond acceptors (Lipinski definition) is 2. The highest BCUT2D eigenvalue weighted by molar-refractivity contribution is 5.20. The summed E-state index contributed by atoms with van der Waals surface area (Å²) in [5, 5.41) is 4.42. The van der Waals surface area contributed by atoms with E-state index in [0.717, 1.165) is 18.4 Å². The zero-order valence-corrected chi connectivity index (χ0v) is 7.69. The molecule has 1 fully saturated rings. The molecule has 0 bridgehead atoms. The van der Waals surface area contributed by atoms with Gasteiger partial charge in [0.2, 0.25) is 0 Å². The Kier molecular flexibility index (Phi) is 2.43. The Labute approximate surface area is 81.5 Å². The maximum absolute atomic E-state index is 12.9. The van der Waals surface area contributed by atoms with Crippen LogP contribution in [-0.2, 0) is 0 Å². The van der Waals surface area contributed by atoms with E-state index in [-0.39, 0.29) is 11.9 Å². The lowest BCUT2D eigenvalue weighted by molar-refractivity contribution is 0.266. The molecule has 4 heteroatoms. The van der Waals surface area contributed by atoms with Gasteiger partial charge in [-0.05, 0) is 30.5 Å². The molecule has 74 valence electrons. The van der Waals surface area contributed by atoms with Gasteiger partial charge in [-0.2, -0.15) is 0 Å². The van der Waals surface area contributed by atoms with E-state index in [9.17, 15) is 9.30 Å². The third-order valence-electron chi connectivity index (χ3n) is 2.56. The van der Waals surface area contributed by atoms with E-state index in [2.05, 4.69) is 5.29 Å². The van der Waals surface area contributed by atoms with Crippen molar-refractivity contribution >= 4 is 0 Å². The minimum absolute atomic E-state index is 0.0387. The predicted molar refractivity (Wildman–Crippen MR) is 50.9 cm³/mol. The molecular weight excluding hydrogens is 183 g/mol. The average molecular weight is 194 g/mol. The fraction of sp³-hybridized carbons (Fsp3) is 0.400. The van der Waals surface area contributed by atoms with Gasteiger partial charge in [-0.25, -0.2) is 4.39 Å². The van der Waals surface area contributed by atoms with Crippen LogP contribution in [-0.4, -0.2) is 11.6 Å². The molecule has 1 saturated heterocycles. The van der Waals surface area contributed by atoms with Crippen molar-refractivity contribution in [2.24, 2.45) is 5.29 Å². The summed E-state index contributed by atoms with van der Waals surface area (Å²) in [7, 11) is 0. The Morgan fingerprint density at radius 1 is 1.50 bits per heavy atom. The van der Waals surface area contributed by atoms with Gasteiger partial charge in [0.05, 0.1) is 11.3 Å². The highest BCUT2D eigenvalue weighted by atomic mass is 19.1. The van der Waals surface area contributed by atoms with E-state index in [4.69, 9.17) is 0 Å². The van der Waals surface area contributed by atoms with E-state index in [1.165, 1.54) is 17.1 Å². The molecule has 1 aliphatic rings. The predicted octanol–water partition coefficient (Wildman–Crippen LogP) is 2.64. The maximum atomic E-state index is 12.9. The summed E-state index contributed by atoms with van der Waals surface area (Å²) in [6.07, 6.45) is 1.81. The first-order chi connectivity index (χ1) is 6.81. The SMILES string of the molecule is O=NN1CCCC1c1cccc(F)c1. The number of nitrogens with zero attached hydrogens (tertiary/aromatic N) is 2. The second-order valence-corrected chi connectivity index (χ2v) is 3.46. The molecule has 0 aromatic heterocycles. The third-order valence-corrected chi connectivity index (χ3v) is 2.56. The van der Waals surface area contributed by atoms with E-state index in [0.29, 0.717) is 6.54 Å². The molecule has 14 heavy (non-hydrogen) atoms. The number of nitroso groups, excluding NO2 is 1. The Morgan fingerprint density at radius 3 is 3.07 bits per heavy atom. The average Bonchev–Trinajstić information content (AvgIpc) is 2.65. The molecule has 2 rings (SSSR count). The van der Waals surface area contributed by atoms with Crippen molar-refractivity contribution < 1.29 is 4.39 Å². The lowest BCUT2D eigenvalue weighted by Crippen LogP contribution is -2.15. The summed E-state index contributed by atoms with van der Waals surface area (Å²) >= 11 is 0. The van der Waals surface area contributed by atoms with Crippen LogP contribution >= 0.6 is 0 Å². The van der Waals surface area contributed by atoms with Crippen LogP contribution in [0.25, 0.3) is 0 Å². The molecule has 0 radical (unpaired) electrons. The van der Waals surface area contributed by atoms with Gasteiger partial charge in [-0.3, -0.25) is 5.01 Å². The van der Waals surface area contributed by atoms with Crippen molar-refractivity contribution in [3.05, 3.63) is 40.6 Å². The van der Waals surface area contributed by atoms with Crippen LogP contribution in [0.3, 0.4) is 0 Å². The van der Waals surface area contributed by atoms with Crippen LogP contribution in [0.4, 0.5) is 4.39 Å². The fourth-order valence-corrected chi connectivity index (χ4v) is 1.90. The van der Waals surface area contributed by atoms with E-state index < -0.39 is 0 Å². The summed E-state index contributed by atoms with van der Waals surface area (Å²) in [5.74, 6) is -0.264. The van der Waals surface area contributed by atoms with E-state index in [1.807, 2.05) is 6.07 Å². The Balaban J connectivity index is 2.25. The van der Waals surface area contributed by atoms with Crippen LogP contribution in [0.15, 0.2) is 29.6 Å². The molecule has 1 aromatic carbocycles. The van der Waals surface area contributed by atoms with Gasteiger partial charge >= 0.3 is 0 Å². The Bertz CT molecular complexity index is 343. The number of hydrogen-bond donors (Lipinski definition) is 0. The zero-order chi connectivity index (χ0) is 9.97. The van der Waals surface area contributed by atoms with Gasteiger partial charge in [0.1, 0.15) is 5.82 Å². The van der Waals surface area contributed by atoms with Gasteiger partial charge in [-0.1, -0.05) is 12.1 Å². The minimum Gasteiger partial charge on any atom is -0.253 e. The summed E-state index contributed by atoms with van der Waals surface area (Å²) in [4.78, 5) is 10.5. The quantitative estimate of drug-likeness (QED) is 0.678. The number of rotatable bonds is 2. The molecule has 1 heterocycles. The smallest absolute Gasteiger partial charge is 0.123 e. The lowest BCUT2D eigenvalue weighted by atomic mass is 10.1. The van der Waals surface area contributed by atoms with Crippen molar-refractivity contribution in [1.29, 1.82) is 0 Å². The molecule has 1 atom stereocenters. The molecule has 0 amide bonds. The molecule has 0 N–H and O–H groups in total. The third kappa shape index (κ3) is 1.60. The zero-order valence-electron chi connectivity index (χ0n) is 7.69. The summed E-state index contributed by atoms with van der Waals surface area (Å²) in [5.41, 5.74) is 0.835. The summed E-state index contributed by atoms with van der Waals surface area (Å²) in [6, 6.07) is 6.32. The van der Waals surface area contributed by atoms with Gasteiger partial charge in [-0.15, -0.1) is 4.91 Å².